The van der Waals surface area contributed by atoms with Gasteiger partial charge in [0.05, 0.1) is 5.02 Å². The van der Waals surface area contributed by atoms with E-state index in [4.69, 9.17) is 11.6 Å². The van der Waals surface area contributed by atoms with E-state index < -0.39 is 0 Å². The van der Waals surface area contributed by atoms with Gasteiger partial charge < -0.3 is 5.32 Å². The number of nitrogens with one attached hydrogen (secondary N) is 1. The maximum Gasteiger partial charge on any atom is 0.0621 e. The van der Waals surface area contributed by atoms with Crippen molar-refractivity contribution in [2.24, 2.45) is 11.3 Å². The van der Waals surface area contributed by atoms with Gasteiger partial charge in [0.15, 0.2) is 0 Å². The molecule has 0 unspecified atom stereocenters. The fourth-order valence-corrected chi connectivity index (χ4v) is 2.58. The van der Waals surface area contributed by atoms with Gasteiger partial charge in [-0.15, -0.1) is 0 Å². The summed E-state index contributed by atoms with van der Waals surface area (Å²) in [5.74, 6) is 0.691. The molecule has 2 nitrogen and oxygen atoms in total. The third kappa shape index (κ3) is 5.12. The SMILES string of the molecule is CCC(CC)(CNCC(C)C)Cc1ccncc1Cl. The second kappa shape index (κ2) is 7.86. The normalized spacial score (nSPS) is 12.1. The summed E-state index contributed by atoms with van der Waals surface area (Å²) in [6.45, 7) is 11.2. The third-order valence-electron chi connectivity index (χ3n) is 3.97. The zero-order valence-corrected chi connectivity index (χ0v) is 13.4. The van der Waals surface area contributed by atoms with E-state index in [1.807, 2.05) is 12.3 Å². The first kappa shape index (κ1) is 16.5. The quantitative estimate of drug-likeness (QED) is 0.768. The van der Waals surface area contributed by atoms with Crippen LogP contribution in [-0.2, 0) is 6.42 Å². The van der Waals surface area contributed by atoms with Crippen molar-refractivity contribution >= 4 is 11.6 Å². The molecular formula is C16H27ClN2. The van der Waals surface area contributed by atoms with Gasteiger partial charge in [-0.1, -0.05) is 39.3 Å². The lowest BCUT2D eigenvalue weighted by Gasteiger charge is -2.33. The Hall–Kier alpha value is -0.600. The van der Waals surface area contributed by atoms with Crippen molar-refractivity contribution in [3.8, 4) is 0 Å². The third-order valence-corrected chi connectivity index (χ3v) is 4.31. The Balaban J connectivity index is 2.73. The molecule has 1 N–H and O–H groups in total. The molecule has 0 aliphatic carbocycles. The van der Waals surface area contributed by atoms with Gasteiger partial charge >= 0.3 is 0 Å². The van der Waals surface area contributed by atoms with Crippen LogP contribution in [0.25, 0.3) is 0 Å². The predicted octanol–water partition coefficient (Wildman–Crippen LogP) is 4.33. The van der Waals surface area contributed by atoms with E-state index in [2.05, 4.69) is 38.0 Å². The molecule has 0 atom stereocenters. The molecule has 0 amide bonds. The minimum atomic E-state index is 0.292. The maximum absolute atomic E-state index is 6.25. The lowest BCUT2D eigenvalue weighted by molar-refractivity contribution is 0.243. The minimum Gasteiger partial charge on any atom is -0.316 e. The van der Waals surface area contributed by atoms with Crippen LogP contribution in [0.15, 0.2) is 18.5 Å². The Kier molecular flexibility index (Phi) is 6.81. The van der Waals surface area contributed by atoms with Crippen molar-refractivity contribution in [1.82, 2.24) is 10.3 Å². The largest absolute Gasteiger partial charge is 0.316 e. The van der Waals surface area contributed by atoms with Gasteiger partial charge in [0, 0.05) is 18.9 Å². The Labute approximate surface area is 123 Å². The van der Waals surface area contributed by atoms with E-state index in [0.29, 0.717) is 11.3 Å². The predicted molar refractivity (Wildman–Crippen MR) is 83.7 cm³/mol. The summed E-state index contributed by atoms with van der Waals surface area (Å²) < 4.78 is 0. The highest BCUT2D eigenvalue weighted by Crippen LogP contribution is 2.32. The molecular weight excluding hydrogens is 256 g/mol. The number of halogens is 1. The highest BCUT2D eigenvalue weighted by molar-refractivity contribution is 6.31. The first-order chi connectivity index (χ1) is 9.03. The van der Waals surface area contributed by atoms with Crippen molar-refractivity contribution < 1.29 is 0 Å². The number of hydrogen-bond acceptors (Lipinski definition) is 2. The lowest BCUT2D eigenvalue weighted by Crippen LogP contribution is -2.37. The number of hydrogen-bond donors (Lipinski definition) is 1. The average molecular weight is 283 g/mol. The Morgan fingerprint density at radius 3 is 2.53 bits per heavy atom. The van der Waals surface area contributed by atoms with Crippen LogP contribution in [0.2, 0.25) is 5.02 Å². The molecule has 0 saturated heterocycles. The van der Waals surface area contributed by atoms with Gasteiger partial charge in [0.1, 0.15) is 0 Å². The van der Waals surface area contributed by atoms with Crippen LogP contribution in [0.3, 0.4) is 0 Å². The highest BCUT2D eigenvalue weighted by Gasteiger charge is 2.27. The summed E-state index contributed by atoms with van der Waals surface area (Å²) in [7, 11) is 0. The molecule has 0 aliphatic rings. The molecule has 1 aromatic rings. The second-order valence-electron chi connectivity index (χ2n) is 5.88. The summed E-state index contributed by atoms with van der Waals surface area (Å²) in [5, 5.41) is 4.40. The standard InChI is InChI=1S/C16H27ClN2/c1-5-16(6-2,12-19-10-13(3)4)9-14-7-8-18-11-15(14)17/h7-8,11,13,19H,5-6,9-10,12H2,1-4H3. The van der Waals surface area contributed by atoms with Crippen molar-refractivity contribution in [1.29, 1.82) is 0 Å². The van der Waals surface area contributed by atoms with E-state index in [1.165, 1.54) is 5.56 Å². The lowest BCUT2D eigenvalue weighted by atomic mass is 9.77. The summed E-state index contributed by atoms with van der Waals surface area (Å²) in [6.07, 6.45) is 6.92. The minimum absolute atomic E-state index is 0.292. The Bertz CT molecular complexity index is 373. The summed E-state index contributed by atoms with van der Waals surface area (Å²) in [4.78, 5) is 4.06. The fourth-order valence-electron chi connectivity index (χ4n) is 2.39. The molecule has 3 heteroatoms. The molecule has 1 rings (SSSR count). The average Bonchev–Trinajstić information content (AvgIpc) is 2.39. The summed E-state index contributed by atoms with van der Waals surface area (Å²) in [5.41, 5.74) is 1.51. The molecule has 0 spiro atoms. The van der Waals surface area contributed by atoms with Crippen LogP contribution in [0.5, 0.6) is 0 Å². The van der Waals surface area contributed by atoms with E-state index >= 15 is 0 Å². The maximum atomic E-state index is 6.25. The van der Waals surface area contributed by atoms with E-state index in [9.17, 15) is 0 Å². The van der Waals surface area contributed by atoms with Crippen molar-refractivity contribution in [2.75, 3.05) is 13.1 Å². The van der Waals surface area contributed by atoms with E-state index in [1.54, 1.807) is 6.20 Å². The van der Waals surface area contributed by atoms with Gasteiger partial charge in [0.25, 0.3) is 0 Å². The van der Waals surface area contributed by atoms with Gasteiger partial charge in [-0.05, 0) is 48.8 Å². The van der Waals surface area contributed by atoms with Gasteiger partial charge in [-0.25, -0.2) is 0 Å². The molecule has 0 fully saturated rings. The molecule has 0 bridgehead atoms. The van der Waals surface area contributed by atoms with Crippen LogP contribution in [0.1, 0.15) is 46.1 Å². The van der Waals surface area contributed by atoms with Crippen molar-refractivity contribution in [3.63, 3.8) is 0 Å². The first-order valence-electron chi connectivity index (χ1n) is 7.32. The summed E-state index contributed by atoms with van der Waals surface area (Å²) in [6, 6.07) is 2.05. The molecule has 19 heavy (non-hydrogen) atoms. The molecule has 1 aromatic heterocycles. The molecule has 0 aliphatic heterocycles. The molecule has 0 aromatic carbocycles. The number of nitrogens with zero attached hydrogens (tertiary/aromatic N) is 1. The summed E-state index contributed by atoms with van der Waals surface area (Å²) >= 11 is 6.25. The Morgan fingerprint density at radius 2 is 2.00 bits per heavy atom. The van der Waals surface area contributed by atoms with Gasteiger partial charge in [-0.2, -0.15) is 0 Å². The van der Waals surface area contributed by atoms with Crippen LogP contribution < -0.4 is 5.32 Å². The molecule has 0 radical (unpaired) electrons. The number of pyridine rings is 1. The molecule has 1 heterocycles. The first-order valence-corrected chi connectivity index (χ1v) is 7.70. The van der Waals surface area contributed by atoms with E-state index in [-0.39, 0.29) is 0 Å². The van der Waals surface area contributed by atoms with Gasteiger partial charge in [0.2, 0.25) is 0 Å². The fraction of sp³-hybridized carbons (Fsp3) is 0.688. The second-order valence-corrected chi connectivity index (χ2v) is 6.28. The Morgan fingerprint density at radius 1 is 1.32 bits per heavy atom. The highest BCUT2D eigenvalue weighted by atomic mass is 35.5. The van der Waals surface area contributed by atoms with Crippen LogP contribution in [0, 0.1) is 11.3 Å². The molecule has 0 saturated carbocycles. The zero-order chi connectivity index (χ0) is 14.3. The van der Waals surface area contributed by atoms with Crippen LogP contribution in [-0.4, -0.2) is 18.1 Å². The smallest absolute Gasteiger partial charge is 0.0621 e. The van der Waals surface area contributed by atoms with Crippen LogP contribution in [0.4, 0.5) is 0 Å². The molecule has 108 valence electrons. The van der Waals surface area contributed by atoms with Crippen LogP contribution >= 0.6 is 11.6 Å². The van der Waals surface area contributed by atoms with Crippen molar-refractivity contribution in [3.05, 3.63) is 29.0 Å². The number of aromatic nitrogens is 1. The van der Waals surface area contributed by atoms with E-state index in [0.717, 1.165) is 37.4 Å². The van der Waals surface area contributed by atoms with Gasteiger partial charge in [-0.3, -0.25) is 4.98 Å². The monoisotopic (exact) mass is 282 g/mol. The zero-order valence-electron chi connectivity index (χ0n) is 12.7. The number of rotatable bonds is 8. The topological polar surface area (TPSA) is 24.9 Å². The van der Waals surface area contributed by atoms with Crippen molar-refractivity contribution in [2.45, 2.75) is 47.0 Å².